The molecule has 6 atom stereocenters. The Hall–Kier alpha value is -14.3. The highest BCUT2D eigenvalue weighted by molar-refractivity contribution is 5.89. The first kappa shape index (κ1) is 95.3. The van der Waals surface area contributed by atoms with E-state index in [2.05, 4.69) is 24.7 Å². The monoisotopic (exact) mass is 1860 g/mol. The molecule has 3 N–H and O–H groups in total. The number of benzene rings is 6. The van der Waals surface area contributed by atoms with Crippen molar-refractivity contribution in [3.63, 3.8) is 0 Å². The molecular formula is C101H98F9N11O14. The van der Waals surface area contributed by atoms with Crippen LogP contribution in [0.25, 0.3) is 55.8 Å². The van der Waals surface area contributed by atoms with Crippen LogP contribution in [0.5, 0.6) is 11.5 Å². The molecule has 0 bridgehead atoms. The molecule has 6 saturated heterocycles. The molecule has 135 heavy (non-hydrogen) atoms. The van der Waals surface area contributed by atoms with Crippen molar-refractivity contribution in [1.82, 2.24) is 39.6 Å². The number of hydrogen-bond donors (Lipinski definition) is 3. The minimum Gasteiger partial charge on any atom is -0.496 e. The number of halogens is 9. The quantitative estimate of drug-likeness (QED) is 0.0374. The van der Waals surface area contributed by atoms with E-state index >= 15 is 0 Å². The van der Waals surface area contributed by atoms with Gasteiger partial charge < -0.3 is 53.7 Å². The highest BCUT2D eigenvalue weighted by Crippen LogP contribution is 2.47. The number of aromatic nitrogens is 5. The first-order valence-corrected chi connectivity index (χ1v) is 43.8. The summed E-state index contributed by atoms with van der Waals surface area (Å²) in [6, 6.07) is 44.0. The van der Waals surface area contributed by atoms with Gasteiger partial charge in [-0.15, -0.1) is 0 Å². The molecule has 6 aromatic carbocycles. The third-order valence-corrected chi connectivity index (χ3v) is 25.2. The van der Waals surface area contributed by atoms with Crippen molar-refractivity contribution in [2.24, 2.45) is 5.41 Å². The van der Waals surface area contributed by atoms with E-state index in [1.54, 1.807) is 112 Å². The Kier molecular flexibility index (Phi) is 27.1. The maximum Gasteiger partial charge on any atom is 0.416 e. The number of carboxylic acid groups (broad SMARTS) is 3. The smallest absolute Gasteiger partial charge is 0.416 e. The van der Waals surface area contributed by atoms with E-state index in [0.29, 0.717) is 96.3 Å². The Morgan fingerprint density at radius 3 is 1.13 bits per heavy atom. The predicted molar refractivity (Wildman–Crippen MR) is 484 cm³/mol. The van der Waals surface area contributed by atoms with Gasteiger partial charge in [0.25, 0.3) is 0 Å². The summed E-state index contributed by atoms with van der Waals surface area (Å²) < 4.78 is 151. The minimum atomic E-state index is -4.54. The van der Waals surface area contributed by atoms with E-state index in [9.17, 15) is 83.6 Å². The molecule has 704 valence electrons. The molecule has 0 aliphatic carbocycles. The zero-order valence-corrected chi connectivity index (χ0v) is 75.6. The number of cyclic esters (lactones) is 3. The number of nitrogens with zero attached hydrogens (tertiary/aromatic N) is 11. The highest BCUT2D eigenvalue weighted by atomic mass is 19.4. The number of alkyl halides is 9. The first-order valence-electron chi connectivity index (χ1n) is 43.8. The van der Waals surface area contributed by atoms with Crippen molar-refractivity contribution in [3.05, 3.63) is 272 Å². The van der Waals surface area contributed by atoms with E-state index in [1.165, 1.54) is 39.2 Å². The number of ether oxygens (including phenoxy) is 5. The summed E-state index contributed by atoms with van der Waals surface area (Å²) in [4.78, 5) is 108. The third kappa shape index (κ3) is 20.7. The lowest BCUT2D eigenvalue weighted by molar-refractivity contribution is -0.147. The van der Waals surface area contributed by atoms with Gasteiger partial charge in [-0.3, -0.25) is 24.5 Å². The largest absolute Gasteiger partial charge is 0.496 e. The molecule has 0 saturated carbocycles. The molecule has 17 rings (SSSR count). The number of pyridine rings is 5. The number of amides is 3. The van der Waals surface area contributed by atoms with Gasteiger partial charge in [0.2, 0.25) is 0 Å². The van der Waals surface area contributed by atoms with Crippen molar-refractivity contribution in [2.75, 3.05) is 68.2 Å². The normalized spacial score (nSPS) is 18.2. The number of anilines is 3. The SMILES string of the molecule is COc1ccc(-c2ccc(C(=O)O)cn2)cc1-c1ccc(N2CCC2)nc1CN1C(=O)O[C@H](c2cc(C)cc(C(F)(F)F)c2)[C@@H]1C.COc1ccc(-c2ccc(C(=O)O)nc2)cc1-c1ccc(N2CCC2)nc1CN1C(=O)O[C@H](c2cc(C)cc(C(F)(F)F)c2)[C@@H]1C.Cc1cc([C@H]2OC(=O)N(Cc3nc(N4CCC4)ccc3-c3cc(CC(C)(C)C(=O)O)ccc3C)[C@H]2C)cc(C(F)(F)F)c1. The van der Waals surface area contributed by atoms with Crippen LogP contribution in [0.15, 0.2) is 182 Å². The van der Waals surface area contributed by atoms with Crippen molar-refractivity contribution in [2.45, 2.75) is 163 Å². The number of hydrogen-bond acceptors (Lipinski definition) is 19. The standard InChI is InChI=1S/2C34H31F3N4O5.C33H36F3N3O4/c1-19-13-23(15-24(14-19)34(35,36)37)31-20(2)41(33(44)46-31)18-28-25(7-10-30(39-28)40-11-4-12-40)26-16-21(6-9-29(26)45-3)27-8-5-22(17-38-27)32(42)43;1-19-13-23(15-24(14-19)34(35,36)37)31-20(2)41(33(44)46-31)18-28-25(7-10-30(39-28)40-11-4-12-40)26-16-21(6-9-29(26)45-3)22-5-8-27(32(42)43)38-17-22;1-19-13-23(16-24(14-19)33(34,35)36)29-21(3)39(31(42)43-29)18-27-25(9-10-28(37-27)38-11-6-12-38)26-15-22(8-7-20(26)2)17-32(4,5)30(40)41/h2*5-10,13-17,20,31H,4,11-12,18H2,1-3H3,(H,42,43);7-10,13-16,21,29H,6,11-12,17-18H2,1-5H3,(H,40,41)/t2*20-,31-;21-,29-/m000/s1. The van der Waals surface area contributed by atoms with Gasteiger partial charge in [0, 0.05) is 90.6 Å². The van der Waals surface area contributed by atoms with Gasteiger partial charge in [0.1, 0.15) is 53.0 Å². The predicted octanol–water partition coefficient (Wildman–Crippen LogP) is 21.6. The molecule has 6 aliphatic heterocycles. The third-order valence-electron chi connectivity index (χ3n) is 25.2. The maximum atomic E-state index is 13.6. The van der Waals surface area contributed by atoms with Crippen LogP contribution in [0.3, 0.4) is 0 Å². The van der Waals surface area contributed by atoms with E-state index < -0.39 is 113 Å². The molecule has 0 radical (unpaired) electrons. The molecule has 11 aromatic rings. The Labute approximate surface area is 772 Å². The van der Waals surface area contributed by atoms with Gasteiger partial charge in [0.15, 0.2) is 0 Å². The van der Waals surface area contributed by atoms with Crippen LogP contribution in [0, 0.1) is 33.1 Å². The Bertz CT molecular complexity index is 6120. The lowest BCUT2D eigenvalue weighted by atomic mass is 9.84. The average Bonchev–Trinajstić information content (AvgIpc) is 1.74. The van der Waals surface area contributed by atoms with Gasteiger partial charge in [-0.25, -0.2) is 43.9 Å². The summed E-state index contributed by atoms with van der Waals surface area (Å²) in [6.07, 6.45) is -12.0. The minimum absolute atomic E-state index is 0.0321. The second kappa shape index (κ2) is 38.3. The van der Waals surface area contributed by atoms with Crippen LogP contribution >= 0.6 is 0 Å². The van der Waals surface area contributed by atoms with E-state index in [1.807, 2.05) is 85.8 Å². The second-order valence-electron chi connectivity index (χ2n) is 35.2. The Morgan fingerprint density at radius 1 is 0.415 bits per heavy atom. The lowest BCUT2D eigenvalue weighted by Crippen LogP contribution is -2.38. The molecule has 34 heteroatoms. The molecule has 6 fully saturated rings. The second-order valence-corrected chi connectivity index (χ2v) is 35.2. The molecular weight excluding hydrogens is 1760 g/mol. The number of methoxy groups -OCH3 is 2. The summed E-state index contributed by atoms with van der Waals surface area (Å²) in [7, 11) is 3.09. The zero-order chi connectivity index (χ0) is 96.8. The number of rotatable bonds is 24. The van der Waals surface area contributed by atoms with Gasteiger partial charge in [-0.2, -0.15) is 39.5 Å². The van der Waals surface area contributed by atoms with Crippen molar-refractivity contribution in [3.8, 4) is 67.3 Å². The summed E-state index contributed by atoms with van der Waals surface area (Å²) in [5.74, 6) is 0.287. The highest BCUT2D eigenvalue weighted by Gasteiger charge is 2.46. The van der Waals surface area contributed by atoms with Crippen molar-refractivity contribution in [1.29, 1.82) is 0 Å². The summed E-state index contributed by atoms with van der Waals surface area (Å²) in [5, 5.41) is 28.2. The topological polar surface area (TPSA) is 293 Å². The van der Waals surface area contributed by atoms with Gasteiger partial charge >= 0.3 is 54.7 Å². The summed E-state index contributed by atoms with van der Waals surface area (Å²) in [5.41, 5.74) is 9.45. The molecule has 0 unspecified atom stereocenters. The molecule has 11 heterocycles. The number of aliphatic carboxylic acids is 1. The van der Waals surface area contributed by atoms with E-state index in [-0.39, 0.29) is 42.0 Å². The Balaban J connectivity index is 0.000000154. The molecule has 3 amide bonds. The molecule has 5 aromatic heterocycles. The molecule has 6 aliphatic rings. The average molecular weight is 1860 g/mol. The van der Waals surface area contributed by atoms with Crippen molar-refractivity contribution >= 4 is 53.6 Å². The fraction of sp³-hybridized carbons (Fsp3) is 0.337. The van der Waals surface area contributed by atoms with Crippen LogP contribution in [0.2, 0.25) is 0 Å². The lowest BCUT2D eigenvalue weighted by Gasteiger charge is -2.33. The van der Waals surface area contributed by atoms with Gasteiger partial charge in [0.05, 0.1) is 102 Å². The molecule has 25 nitrogen and oxygen atoms in total. The number of aryl methyl sites for hydroxylation is 4. The fourth-order valence-corrected chi connectivity index (χ4v) is 17.3. The molecule has 0 spiro atoms. The van der Waals surface area contributed by atoms with Crippen LogP contribution in [0.4, 0.5) is 71.4 Å². The van der Waals surface area contributed by atoms with Crippen LogP contribution in [-0.4, -0.2) is 163 Å². The summed E-state index contributed by atoms with van der Waals surface area (Å²) >= 11 is 0. The Morgan fingerprint density at radius 2 is 0.800 bits per heavy atom. The van der Waals surface area contributed by atoms with Gasteiger partial charge in [-0.1, -0.05) is 65.2 Å². The van der Waals surface area contributed by atoms with E-state index in [0.717, 1.165) is 140 Å². The maximum absolute atomic E-state index is 13.6. The number of carbonyl (C=O) groups excluding carboxylic acids is 3. The van der Waals surface area contributed by atoms with Crippen LogP contribution < -0.4 is 24.2 Å². The number of carbonyl (C=O) groups is 6. The fourth-order valence-electron chi connectivity index (χ4n) is 17.3. The summed E-state index contributed by atoms with van der Waals surface area (Å²) in [6.45, 7) is 20.7. The van der Waals surface area contributed by atoms with Gasteiger partial charge in [-0.05, 0) is 248 Å². The van der Waals surface area contributed by atoms with E-state index in [4.69, 9.17) is 38.6 Å². The van der Waals surface area contributed by atoms with Crippen molar-refractivity contribution < 1.29 is 107 Å². The number of aromatic carboxylic acids is 2. The zero-order valence-electron chi connectivity index (χ0n) is 75.6. The van der Waals surface area contributed by atoms with Crippen LogP contribution in [0.1, 0.15) is 171 Å². The van der Waals surface area contributed by atoms with Crippen LogP contribution in [-0.2, 0) is 63.6 Å². The first-order chi connectivity index (χ1) is 64.0. The number of carboxylic acids is 3.